The number of benzene rings is 1. The summed E-state index contributed by atoms with van der Waals surface area (Å²) in [6.07, 6.45) is 3.29. The second-order valence-electron chi connectivity index (χ2n) is 6.90. The van der Waals surface area contributed by atoms with Crippen LogP contribution in [-0.4, -0.2) is 41.8 Å². The van der Waals surface area contributed by atoms with Crippen LogP contribution >= 0.6 is 11.6 Å². The molecule has 8 heteroatoms. The van der Waals surface area contributed by atoms with Crippen molar-refractivity contribution in [2.45, 2.75) is 6.54 Å². The molecule has 3 aromatic rings. The zero-order valence-corrected chi connectivity index (χ0v) is 17.0. The Hall–Kier alpha value is -3.16. The van der Waals surface area contributed by atoms with Crippen LogP contribution in [0.15, 0.2) is 65.7 Å². The topological polar surface area (TPSA) is 76.5 Å². The number of rotatable bonds is 5. The van der Waals surface area contributed by atoms with Gasteiger partial charge in [0.15, 0.2) is 0 Å². The maximum atomic E-state index is 13.0. The molecule has 1 amide bonds. The molecule has 1 aromatic carbocycles. The van der Waals surface area contributed by atoms with Crippen molar-refractivity contribution in [2.75, 3.05) is 36.5 Å². The zero-order chi connectivity index (χ0) is 20.9. The molecule has 7 nitrogen and oxygen atoms in total. The summed E-state index contributed by atoms with van der Waals surface area (Å²) in [7, 11) is 0. The van der Waals surface area contributed by atoms with E-state index in [1.807, 2.05) is 23.1 Å². The highest BCUT2D eigenvalue weighted by Crippen LogP contribution is 2.20. The molecule has 30 heavy (non-hydrogen) atoms. The van der Waals surface area contributed by atoms with Crippen molar-refractivity contribution in [2.24, 2.45) is 0 Å². The lowest BCUT2D eigenvalue weighted by Gasteiger charge is -2.29. The van der Waals surface area contributed by atoms with Crippen LogP contribution < -0.4 is 15.8 Å². The number of ether oxygens (including phenoxy) is 1. The number of hydrogen-bond acceptors (Lipinski definition) is 5. The Bertz CT molecular complexity index is 1110. The van der Waals surface area contributed by atoms with E-state index in [4.69, 9.17) is 16.3 Å². The minimum atomic E-state index is -0.285. The molecular formula is C22H21ClN4O3. The molecule has 0 atom stereocenters. The fourth-order valence-corrected chi connectivity index (χ4v) is 3.53. The van der Waals surface area contributed by atoms with E-state index >= 15 is 0 Å². The molecule has 2 aromatic heterocycles. The predicted molar refractivity (Wildman–Crippen MR) is 116 cm³/mol. The van der Waals surface area contributed by atoms with Crippen LogP contribution in [-0.2, 0) is 11.3 Å². The molecule has 1 aliphatic rings. The fraction of sp³-hybridized carbons (Fsp3) is 0.227. The summed E-state index contributed by atoms with van der Waals surface area (Å²) >= 11 is 6.22. The average Bonchev–Trinajstić information content (AvgIpc) is 2.78. The Morgan fingerprint density at radius 2 is 1.90 bits per heavy atom. The van der Waals surface area contributed by atoms with Crippen LogP contribution in [0.25, 0.3) is 0 Å². The van der Waals surface area contributed by atoms with Gasteiger partial charge in [-0.1, -0.05) is 29.8 Å². The Balaban J connectivity index is 1.56. The van der Waals surface area contributed by atoms with Crippen molar-refractivity contribution in [3.8, 4) is 0 Å². The third kappa shape index (κ3) is 4.53. The summed E-state index contributed by atoms with van der Waals surface area (Å²) in [4.78, 5) is 31.7. The van der Waals surface area contributed by atoms with Crippen molar-refractivity contribution < 1.29 is 9.53 Å². The molecule has 154 valence electrons. The zero-order valence-electron chi connectivity index (χ0n) is 16.3. The van der Waals surface area contributed by atoms with Gasteiger partial charge in [-0.15, -0.1) is 0 Å². The molecule has 0 bridgehead atoms. The van der Waals surface area contributed by atoms with E-state index in [0.717, 1.165) is 5.56 Å². The molecule has 1 aliphatic heterocycles. The number of nitrogens with zero attached hydrogens (tertiary/aromatic N) is 3. The normalized spacial score (nSPS) is 13.8. The molecule has 1 N–H and O–H groups in total. The van der Waals surface area contributed by atoms with Crippen molar-refractivity contribution in [3.63, 3.8) is 0 Å². The lowest BCUT2D eigenvalue weighted by molar-refractivity contribution is 0.102. The Morgan fingerprint density at radius 1 is 1.10 bits per heavy atom. The van der Waals surface area contributed by atoms with Crippen LogP contribution in [0.2, 0.25) is 5.02 Å². The van der Waals surface area contributed by atoms with Gasteiger partial charge in [-0.2, -0.15) is 0 Å². The highest BCUT2D eigenvalue weighted by molar-refractivity contribution is 6.31. The highest BCUT2D eigenvalue weighted by Gasteiger charge is 2.20. The van der Waals surface area contributed by atoms with Crippen LogP contribution in [0.5, 0.6) is 0 Å². The highest BCUT2D eigenvalue weighted by atomic mass is 35.5. The van der Waals surface area contributed by atoms with Gasteiger partial charge in [0.1, 0.15) is 5.82 Å². The monoisotopic (exact) mass is 424 g/mol. The Morgan fingerprint density at radius 3 is 2.70 bits per heavy atom. The second kappa shape index (κ2) is 9.11. The number of aromatic nitrogens is 2. The maximum absolute atomic E-state index is 13.0. The number of amides is 1. The number of hydrogen-bond donors (Lipinski definition) is 1. The average molecular weight is 425 g/mol. The van der Waals surface area contributed by atoms with Gasteiger partial charge in [0, 0.05) is 36.6 Å². The van der Waals surface area contributed by atoms with Crippen molar-refractivity contribution >= 4 is 29.0 Å². The molecule has 0 aliphatic carbocycles. The number of nitrogens with one attached hydrogen (secondary N) is 1. The van der Waals surface area contributed by atoms with E-state index in [1.54, 1.807) is 36.7 Å². The molecule has 4 rings (SSSR count). The third-order valence-corrected chi connectivity index (χ3v) is 5.25. The van der Waals surface area contributed by atoms with E-state index in [-0.39, 0.29) is 11.5 Å². The van der Waals surface area contributed by atoms with Gasteiger partial charge in [0.05, 0.1) is 31.0 Å². The molecule has 1 saturated heterocycles. The molecule has 0 radical (unpaired) electrons. The van der Waals surface area contributed by atoms with E-state index in [1.165, 1.54) is 10.6 Å². The number of halogens is 1. The lowest BCUT2D eigenvalue weighted by atomic mass is 10.2. The van der Waals surface area contributed by atoms with Crippen LogP contribution in [0.3, 0.4) is 0 Å². The summed E-state index contributed by atoms with van der Waals surface area (Å²) in [5.41, 5.74) is 1.64. The molecular weight excluding hydrogens is 404 g/mol. The van der Waals surface area contributed by atoms with Crippen LogP contribution in [0.1, 0.15) is 15.9 Å². The van der Waals surface area contributed by atoms with Crippen LogP contribution in [0, 0.1) is 0 Å². The van der Waals surface area contributed by atoms with Gasteiger partial charge in [0.25, 0.3) is 11.5 Å². The van der Waals surface area contributed by atoms with Crippen molar-refractivity contribution in [3.05, 3.63) is 87.4 Å². The standard InChI is InChI=1S/C22H21ClN4O3/c23-19-6-2-1-4-16(19)14-27-15-17(7-8-20(27)28)25-22(29)18-5-3-9-24-21(18)26-10-12-30-13-11-26/h1-9,15H,10-14H2,(H,25,29). The van der Waals surface area contributed by atoms with Crippen molar-refractivity contribution in [1.29, 1.82) is 0 Å². The quantitative estimate of drug-likeness (QED) is 0.681. The van der Waals surface area contributed by atoms with Gasteiger partial charge in [-0.05, 0) is 29.8 Å². The van der Waals surface area contributed by atoms with Crippen LogP contribution in [0.4, 0.5) is 11.5 Å². The van der Waals surface area contributed by atoms with E-state index in [9.17, 15) is 9.59 Å². The van der Waals surface area contributed by atoms with Gasteiger partial charge in [-0.3, -0.25) is 9.59 Å². The second-order valence-corrected chi connectivity index (χ2v) is 7.31. The molecule has 0 saturated carbocycles. The molecule has 0 unspecified atom stereocenters. The first-order valence-corrected chi connectivity index (χ1v) is 10.0. The fourth-order valence-electron chi connectivity index (χ4n) is 3.34. The number of carbonyl (C=O) groups is 1. The van der Waals surface area contributed by atoms with Crippen molar-refractivity contribution in [1.82, 2.24) is 9.55 Å². The minimum Gasteiger partial charge on any atom is -0.378 e. The first-order valence-electron chi connectivity index (χ1n) is 9.65. The molecule has 1 fully saturated rings. The van der Waals surface area contributed by atoms with E-state index < -0.39 is 0 Å². The maximum Gasteiger partial charge on any atom is 0.259 e. The lowest BCUT2D eigenvalue weighted by Crippen LogP contribution is -2.38. The first kappa shape index (κ1) is 20.1. The molecule has 0 spiro atoms. The Labute approximate surface area is 178 Å². The summed E-state index contributed by atoms with van der Waals surface area (Å²) in [6.45, 7) is 2.88. The minimum absolute atomic E-state index is 0.177. The van der Waals surface area contributed by atoms with Gasteiger partial charge < -0.3 is 19.5 Å². The third-order valence-electron chi connectivity index (χ3n) is 4.88. The molecule has 3 heterocycles. The number of carbonyl (C=O) groups excluding carboxylic acids is 1. The summed E-state index contributed by atoms with van der Waals surface area (Å²) in [5, 5.41) is 3.46. The number of morpholine rings is 1. The smallest absolute Gasteiger partial charge is 0.259 e. The Kier molecular flexibility index (Phi) is 6.11. The number of anilines is 2. The first-order chi connectivity index (χ1) is 14.6. The summed E-state index contributed by atoms with van der Waals surface area (Å²) in [5.74, 6) is 0.343. The van der Waals surface area contributed by atoms with Gasteiger partial charge >= 0.3 is 0 Å². The van der Waals surface area contributed by atoms with E-state index in [2.05, 4.69) is 10.3 Å². The summed E-state index contributed by atoms with van der Waals surface area (Å²) in [6, 6.07) is 13.9. The predicted octanol–water partition coefficient (Wildman–Crippen LogP) is 3.03. The number of pyridine rings is 2. The van der Waals surface area contributed by atoms with Gasteiger partial charge in [-0.25, -0.2) is 4.98 Å². The largest absolute Gasteiger partial charge is 0.378 e. The SMILES string of the molecule is O=C(Nc1ccc(=O)n(Cc2ccccc2Cl)c1)c1cccnc1N1CCOCC1. The van der Waals surface area contributed by atoms with E-state index in [0.29, 0.717) is 54.9 Å². The summed E-state index contributed by atoms with van der Waals surface area (Å²) < 4.78 is 6.90. The van der Waals surface area contributed by atoms with Gasteiger partial charge in [0.2, 0.25) is 0 Å².